The maximum Gasteiger partial charge on any atom is 0.294 e. The summed E-state index contributed by atoms with van der Waals surface area (Å²) in [5.74, 6) is -0.0659. The second-order valence-electron chi connectivity index (χ2n) is 7.01. The number of aryl methyl sites for hydroxylation is 2. The molecule has 2 heterocycles. The van der Waals surface area contributed by atoms with Gasteiger partial charge in [-0.05, 0) is 32.0 Å². The highest BCUT2D eigenvalue weighted by atomic mass is 35.5. The van der Waals surface area contributed by atoms with E-state index < -0.39 is 4.92 Å². The van der Waals surface area contributed by atoms with Gasteiger partial charge in [-0.3, -0.25) is 19.7 Å². The van der Waals surface area contributed by atoms with Crippen molar-refractivity contribution in [2.75, 3.05) is 31.1 Å². The van der Waals surface area contributed by atoms with Crippen LogP contribution in [0.1, 0.15) is 33.0 Å². The number of carbonyl (C=O) groups is 2. The molecule has 1 amide bonds. The lowest BCUT2D eigenvalue weighted by Crippen LogP contribution is -2.49. The lowest BCUT2D eigenvalue weighted by molar-refractivity contribution is -0.384. The molecule has 1 fully saturated rings. The lowest BCUT2D eigenvalue weighted by atomic mass is 10.1. The highest BCUT2D eigenvalue weighted by Crippen LogP contribution is 2.31. The summed E-state index contributed by atoms with van der Waals surface area (Å²) in [5.41, 5.74) is 1.18. The maximum atomic E-state index is 12.5. The van der Waals surface area contributed by atoms with E-state index in [1.807, 2.05) is 24.8 Å². The highest BCUT2D eigenvalue weighted by molar-refractivity contribution is 7.12. The lowest BCUT2D eigenvalue weighted by Gasteiger charge is -2.35. The van der Waals surface area contributed by atoms with Gasteiger partial charge in [-0.25, -0.2) is 0 Å². The van der Waals surface area contributed by atoms with Crippen LogP contribution in [0.4, 0.5) is 11.4 Å². The molecule has 0 unspecified atom stereocenters. The predicted octanol–water partition coefficient (Wildman–Crippen LogP) is 4.24. The van der Waals surface area contributed by atoms with Gasteiger partial charge in [0.25, 0.3) is 5.69 Å². The molecule has 154 valence electrons. The molecule has 7 nitrogen and oxygen atoms in total. The SMILES string of the molecule is Cc1cc(C(=O)CCC(=O)N2CCN(c3ccc(Cl)cc3[N+](=O)[O-])CC2)c(C)s1. The van der Waals surface area contributed by atoms with Gasteiger partial charge < -0.3 is 9.80 Å². The van der Waals surface area contributed by atoms with E-state index in [4.69, 9.17) is 11.6 Å². The van der Waals surface area contributed by atoms with E-state index in [1.54, 1.807) is 28.4 Å². The maximum absolute atomic E-state index is 12.5. The van der Waals surface area contributed by atoms with E-state index >= 15 is 0 Å². The zero-order valence-electron chi connectivity index (χ0n) is 16.3. The van der Waals surface area contributed by atoms with Gasteiger partial charge in [0, 0.05) is 65.4 Å². The molecule has 29 heavy (non-hydrogen) atoms. The summed E-state index contributed by atoms with van der Waals surface area (Å²) in [7, 11) is 0. The van der Waals surface area contributed by atoms with Crippen LogP contribution in [0.2, 0.25) is 5.02 Å². The molecular weight excluding hydrogens is 414 g/mol. The fourth-order valence-electron chi connectivity index (χ4n) is 3.53. The molecule has 3 rings (SSSR count). The van der Waals surface area contributed by atoms with Crippen LogP contribution in [-0.4, -0.2) is 47.7 Å². The van der Waals surface area contributed by atoms with Crippen LogP contribution in [-0.2, 0) is 4.79 Å². The zero-order valence-corrected chi connectivity index (χ0v) is 17.9. The number of amides is 1. The summed E-state index contributed by atoms with van der Waals surface area (Å²) in [4.78, 5) is 41.4. The molecule has 1 aromatic carbocycles. The molecule has 0 radical (unpaired) electrons. The Morgan fingerprint density at radius 2 is 1.83 bits per heavy atom. The van der Waals surface area contributed by atoms with Gasteiger partial charge in [-0.15, -0.1) is 11.3 Å². The van der Waals surface area contributed by atoms with Crippen LogP contribution in [0, 0.1) is 24.0 Å². The molecule has 1 aliphatic heterocycles. The summed E-state index contributed by atoms with van der Waals surface area (Å²) < 4.78 is 0. The van der Waals surface area contributed by atoms with Crippen molar-refractivity contribution < 1.29 is 14.5 Å². The fourth-order valence-corrected chi connectivity index (χ4v) is 4.64. The third kappa shape index (κ3) is 4.94. The molecule has 1 aliphatic rings. The van der Waals surface area contributed by atoms with E-state index in [0.717, 1.165) is 9.75 Å². The van der Waals surface area contributed by atoms with Gasteiger partial charge in [0.2, 0.25) is 5.91 Å². The number of halogens is 1. The minimum Gasteiger partial charge on any atom is -0.362 e. The first kappa shape index (κ1) is 21.3. The molecule has 1 aromatic heterocycles. The minimum absolute atomic E-state index is 0.00405. The molecule has 2 aromatic rings. The van der Waals surface area contributed by atoms with Crippen molar-refractivity contribution in [3.63, 3.8) is 0 Å². The van der Waals surface area contributed by atoms with Crippen LogP contribution >= 0.6 is 22.9 Å². The second kappa shape index (κ2) is 8.92. The van der Waals surface area contributed by atoms with Crippen molar-refractivity contribution in [1.82, 2.24) is 4.90 Å². The second-order valence-corrected chi connectivity index (χ2v) is 8.90. The fraction of sp³-hybridized carbons (Fsp3) is 0.400. The number of ketones is 1. The number of nitro benzene ring substituents is 1. The highest BCUT2D eigenvalue weighted by Gasteiger charge is 2.26. The van der Waals surface area contributed by atoms with E-state index in [9.17, 15) is 19.7 Å². The number of benzene rings is 1. The third-order valence-corrected chi connectivity index (χ3v) is 6.22. The summed E-state index contributed by atoms with van der Waals surface area (Å²) in [5, 5.41) is 11.6. The standard InChI is InChI=1S/C20H22ClN3O4S/c1-13-11-16(14(2)29-13)19(25)5-6-20(26)23-9-7-22(8-10-23)17-4-3-15(21)12-18(17)24(27)28/h3-4,11-12H,5-10H2,1-2H3. The van der Waals surface area contributed by atoms with Crippen LogP contribution in [0.5, 0.6) is 0 Å². The number of hydrogen-bond acceptors (Lipinski definition) is 6. The molecule has 0 N–H and O–H groups in total. The average molecular weight is 436 g/mol. The summed E-state index contributed by atoms with van der Waals surface area (Å²) in [6.07, 6.45) is 0.368. The number of carbonyl (C=O) groups excluding carboxylic acids is 2. The Balaban J connectivity index is 1.55. The molecule has 0 atom stereocenters. The number of Topliss-reactive ketones (excluding diaryl/α,β-unsaturated/α-hetero) is 1. The summed E-state index contributed by atoms with van der Waals surface area (Å²) >= 11 is 7.46. The van der Waals surface area contributed by atoms with Crippen LogP contribution in [0.25, 0.3) is 0 Å². The zero-order chi connectivity index (χ0) is 21.1. The quantitative estimate of drug-likeness (QED) is 0.385. The van der Waals surface area contributed by atoms with Gasteiger partial charge >= 0.3 is 0 Å². The Bertz CT molecular complexity index is 951. The van der Waals surface area contributed by atoms with Crippen molar-refractivity contribution in [1.29, 1.82) is 0 Å². The van der Waals surface area contributed by atoms with Gasteiger partial charge in [-0.2, -0.15) is 0 Å². The molecule has 0 spiro atoms. The molecular formula is C20H22ClN3O4S. The van der Waals surface area contributed by atoms with Crippen LogP contribution in [0.15, 0.2) is 24.3 Å². The van der Waals surface area contributed by atoms with Crippen molar-refractivity contribution >= 4 is 46.0 Å². The van der Waals surface area contributed by atoms with E-state index in [2.05, 4.69) is 0 Å². The Kier molecular flexibility index (Phi) is 6.54. The number of piperazine rings is 1. The number of nitro groups is 1. The average Bonchev–Trinajstić information content (AvgIpc) is 3.04. The van der Waals surface area contributed by atoms with Crippen molar-refractivity contribution in [3.8, 4) is 0 Å². The Morgan fingerprint density at radius 1 is 1.14 bits per heavy atom. The van der Waals surface area contributed by atoms with Crippen molar-refractivity contribution in [3.05, 3.63) is 54.7 Å². The molecule has 0 aliphatic carbocycles. The molecule has 0 saturated carbocycles. The molecule has 0 bridgehead atoms. The Hall–Kier alpha value is -2.45. The van der Waals surface area contributed by atoms with E-state index in [1.165, 1.54) is 6.07 Å². The van der Waals surface area contributed by atoms with Crippen molar-refractivity contribution in [2.24, 2.45) is 0 Å². The monoisotopic (exact) mass is 435 g/mol. The first-order chi connectivity index (χ1) is 13.8. The van der Waals surface area contributed by atoms with E-state index in [0.29, 0.717) is 42.5 Å². The predicted molar refractivity (Wildman–Crippen MR) is 114 cm³/mol. The minimum atomic E-state index is -0.446. The first-order valence-electron chi connectivity index (χ1n) is 9.33. The third-order valence-electron chi connectivity index (χ3n) is 5.01. The topological polar surface area (TPSA) is 83.8 Å². The van der Waals surface area contributed by atoms with Crippen LogP contribution in [0.3, 0.4) is 0 Å². The largest absolute Gasteiger partial charge is 0.362 e. The smallest absolute Gasteiger partial charge is 0.294 e. The van der Waals surface area contributed by atoms with Gasteiger partial charge in [0.05, 0.1) is 4.92 Å². The summed E-state index contributed by atoms with van der Waals surface area (Å²) in [6, 6.07) is 6.49. The van der Waals surface area contributed by atoms with Gasteiger partial charge in [0.15, 0.2) is 5.78 Å². The van der Waals surface area contributed by atoms with Gasteiger partial charge in [0.1, 0.15) is 5.69 Å². The number of rotatable bonds is 6. The van der Waals surface area contributed by atoms with E-state index in [-0.39, 0.29) is 30.2 Å². The molecule has 9 heteroatoms. The summed E-state index contributed by atoms with van der Waals surface area (Å²) in [6.45, 7) is 5.79. The number of nitrogens with zero attached hydrogens (tertiary/aromatic N) is 3. The van der Waals surface area contributed by atoms with Crippen molar-refractivity contribution in [2.45, 2.75) is 26.7 Å². The Morgan fingerprint density at radius 3 is 2.41 bits per heavy atom. The first-order valence-corrected chi connectivity index (χ1v) is 10.5. The number of thiophene rings is 1. The number of hydrogen-bond donors (Lipinski definition) is 0. The normalized spacial score (nSPS) is 14.2. The van der Waals surface area contributed by atoms with Gasteiger partial charge in [-0.1, -0.05) is 11.6 Å². The number of anilines is 1. The van der Waals surface area contributed by atoms with Crippen LogP contribution < -0.4 is 4.90 Å². The Labute approximate surface area is 178 Å². The molecule has 1 saturated heterocycles.